The minimum absolute atomic E-state index is 0.0224. The van der Waals surface area contributed by atoms with Crippen LogP contribution < -0.4 is 5.14 Å². The lowest BCUT2D eigenvalue weighted by molar-refractivity contribution is -0.130. The smallest absolute Gasteiger partial charge is 0.224 e. The lowest BCUT2D eigenvalue weighted by Gasteiger charge is -2.33. The second-order valence-electron chi connectivity index (χ2n) is 4.94. The van der Waals surface area contributed by atoms with E-state index < -0.39 is 15.3 Å². The Hall–Kier alpha value is -0.660. The fourth-order valence-corrected chi connectivity index (χ4v) is 3.44. The molecule has 0 aromatic carbocycles. The number of hydrogen-bond acceptors (Lipinski definition) is 4. The molecule has 1 saturated heterocycles. The predicted octanol–water partition coefficient (Wildman–Crippen LogP) is -0.821. The number of sulfonamides is 1. The first-order valence-corrected chi connectivity index (χ1v) is 7.48. The Balaban J connectivity index is 2.05. The lowest BCUT2D eigenvalue weighted by atomic mass is 9.92. The fraction of sp³-hybridized carbons (Fsp3) is 0.900. The summed E-state index contributed by atoms with van der Waals surface area (Å²) in [6.45, 7) is 0.176. The number of nitrogens with zero attached hydrogens (tertiary/aromatic N) is 1. The maximum absolute atomic E-state index is 11.8. The number of carbonyl (C=O) groups is 1. The van der Waals surface area contributed by atoms with Crippen LogP contribution in [0.2, 0.25) is 0 Å². The molecule has 3 unspecified atom stereocenters. The van der Waals surface area contributed by atoms with Crippen molar-refractivity contribution in [2.24, 2.45) is 5.14 Å². The van der Waals surface area contributed by atoms with Gasteiger partial charge in [0, 0.05) is 19.0 Å². The number of amides is 1. The van der Waals surface area contributed by atoms with Crippen molar-refractivity contribution < 1.29 is 18.3 Å². The van der Waals surface area contributed by atoms with Crippen LogP contribution in [0.15, 0.2) is 0 Å². The van der Waals surface area contributed by atoms with E-state index in [1.807, 2.05) is 0 Å². The molecule has 6 nitrogen and oxygen atoms in total. The van der Waals surface area contributed by atoms with Gasteiger partial charge in [0.15, 0.2) is 0 Å². The first-order valence-electron chi connectivity index (χ1n) is 5.87. The Morgan fingerprint density at radius 3 is 2.59 bits per heavy atom. The van der Waals surface area contributed by atoms with Gasteiger partial charge in [-0.3, -0.25) is 4.79 Å². The predicted molar refractivity (Wildman–Crippen MR) is 61.5 cm³/mol. The van der Waals surface area contributed by atoms with Crippen LogP contribution in [0.3, 0.4) is 0 Å². The third-order valence-electron chi connectivity index (χ3n) is 3.65. The summed E-state index contributed by atoms with van der Waals surface area (Å²) < 4.78 is 22.4. The van der Waals surface area contributed by atoms with Gasteiger partial charge in [0.25, 0.3) is 0 Å². The van der Waals surface area contributed by atoms with Gasteiger partial charge in [0.05, 0.1) is 6.10 Å². The standard InChI is InChI=1S/C10H18N2O4S/c11-17(15,16)9-5-10(14)12(6-9)7-2-1-3-8(13)4-7/h7-9,13H,1-6H2,(H2,11,15,16). The third kappa shape index (κ3) is 2.78. The molecule has 0 aromatic heterocycles. The summed E-state index contributed by atoms with van der Waals surface area (Å²) in [5, 5.41) is 13.9. The number of aliphatic hydroxyl groups excluding tert-OH is 1. The largest absolute Gasteiger partial charge is 0.393 e. The van der Waals surface area contributed by atoms with Gasteiger partial charge in [0.1, 0.15) is 5.25 Å². The van der Waals surface area contributed by atoms with Crippen molar-refractivity contribution in [3.05, 3.63) is 0 Å². The normalized spacial score (nSPS) is 35.3. The van der Waals surface area contributed by atoms with Crippen LogP contribution >= 0.6 is 0 Å². The minimum atomic E-state index is -3.65. The molecular weight excluding hydrogens is 244 g/mol. The van der Waals surface area contributed by atoms with Crippen LogP contribution in [-0.2, 0) is 14.8 Å². The number of nitrogens with two attached hydrogens (primary N) is 1. The molecule has 7 heteroatoms. The summed E-state index contributed by atoms with van der Waals surface area (Å²) in [6.07, 6.45) is 2.61. The molecule has 1 aliphatic heterocycles. The number of likely N-dealkylation sites (tertiary alicyclic amines) is 1. The molecule has 0 spiro atoms. The van der Waals surface area contributed by atoms with Crippen LogP contribution in [0.25, 0.3) is 0 Å². The summed E-state index contributed by atoms with van der Waals surface area (Å²) in [5.74, 6) is -0.164. The number of aliphatic hydroxyl groups is 1. The Labute approximate surface area is 101 Å². The molecule has 3 N–H and O–H groups in total. The van der Waals surface area contributed by atoms with Crippen molar-refractivity contribution in [3.63, 3.8) is 0 Å². The first-order chi connectivity index (χ1) is 7.88. The SMILES string of the molecule is NS(=O)(=O)C1CC(=O)N(C2CCCC(O)C2)C1. The van der Waals surface area contributed by atoms with Crippen molar-refractivity contribution >= 4 is 15.9 Å². The number of hydrogen-bond donors (Lipinski definition) is 2. The fourth-order valence-electron chi connectivity index (χ4n) is 2.69. The highest BCUT2D eigenvalue weighted by Crippen LogP contribution is 2.28. The zero-order valence-corrected chi connectivity index (χ0v) is 10.4. The molecule has 1 amide bonds. The van der Waals surface area contributed by atoms with Gasteiger partial charge in [-0.25, -0.2) is 13.6 Å². The average Bonchev–Trinajstić information content (AvgIpc) is 2.60. The highest BCUT2D eigenvalue weighted by atomic mass is 32.2. The monoisotopic (exact) mass is 262 g/mol. The average molecular weight is 262 g/mol. The topological polar surface area (TPSA) is 101 Å². The summed E-state index contributed by atoms with van der Waals surface area (Å²) in [7, 11) is -3.65. The van der Waals surface area contributed by atoms with E-state index in [9.17, 15) is 18.3 Å². The van der Waals surface area contributed by atoms with Crippen LogP contribution in [0.1, 0.15) is 32.1 Å². The van der Waals surface area contributed by atoms with Crippen LogP contribution in [0.4, 0.5) is 0 Å². The van der Waals surface area contributed by atoms with Crippen LogP contribution in [0.5, 0.6) is 0 Å². The molecule has 2 aliphatic rings. The van der Waals surface area contributed by atoms with Crippen LogP contribution in [-0.4, -0.2) is 48.3 Å². The summed E-state index contributed by atoms with van der Waals surface area (Å²) in [5.41, 5.74) is 0. The van der Waals surface area contributed by atoms with Crippen molar-refractivity contribution in [1.82, 2.24) is 4.90 Å². The molecule has 17 heavy (non-hydrogen) atoms. The number of carbonyl (C=O) groups excluding carboxylic acids is 1. The maximum atomic E-state index is 11.8. The zero-order chi connectivity index (χ0) is 12.6. The van der Waals surface area contributed by atoms with Gasteiger partial charge in [-0.1, -0.05) is 0 Å². The number of primary sulfonamides is 1. The Morgan fingerprint density at radius 1 is 1.35 bits per heavy atom. The molecule has 1 saturated carbocycles. The molecule has 2 rings (SSSR count). The summed E-state index contributed by atoms with van der Waals surface area (Å²) in [4.78, 5) is 13.3. The van der Waals surface area contributed by atoms with Gasteiger partial charge in [-0.15, -0.1) is 0 Å². The van der Waals surface area contributed by atoms with Gasteiger partial charge in [-0.05, 0) is 25.7 Å². The second-order valence-corrected chi connectivity index (χ2v) is 6.78. The van der Waals surface area contributed by atoms with E-state index in [1.165, 1.54) is 0 Å². The molecule has 1 heterocycles. The van der Waals surface area contributed by atoms with Crippen molar-refractivity contribution in [1.29, 1.82) is 0 Å². The minimum Gasteiger partial charge on any atom is -0.393 e. The first kappa shape index (κ1) is 12.8. The van der Waals surface area contributed by atoms with Crippen molar-refractivity contribution in [3.8, 4) is 0 Å². The summed E-state index contributed by atoms with van der Waals surface area (Å²) in [6, 6.07) is -0.0296. The zero-order valence-electron chi connectivity index (χ0n) is 9.58. The Kier molecular flexibility index (Phi) is 3.42. The molecule has 1 aliphatic carbocycles. The van der Waals surface area contributed by atoms with Crippen molar-refractivity contribution in [2.75, 3.05) is 6.54 Å². The molecule has 98 valence electrons. The van der Waals surface area contributed by atoms with Gasteiger partial charge < -0.3 is 10.0 Å². The van der Waals surface area contributed by atoms with Gasteiger partial charge in [-0.2, -0.15) is 0 Å². The third-order valence-corrected chi connectivity index (χ3v) is 4.89. The molecule has 3 atom stereocenters. The van der Waals surface area contributed by atoms with E-state index in [1.54, 1.807) is 4.90 Å². The van der Waals surface area contributed by atoms with E-state index in [-0.39, 0.29) is 31.0 Å². The lowest BCUT2D eigenvalue weighted by Crippen LogP contribution is -2.42. The highest BCUT2D eigenvalue weighted by Gasteiger charge is 2.40. The Bertz CT molecular complexity index is 409. The van der Waals surface area contributed by atoms with E-state index in [2.05, 4.69) is 0 Å². The number of rotatable bonds is 2. The van der Waals surface area contributed by atoms with Gasteiger partial charge >= 0.3 is 0 Å². The maximum Gasteiger partial charge on any atom is 0.224 e. The van der Waals surface area contributed by atoms with E-state index in [0.717, 1.165) is 19.3 Å². The second kappa shape index (κ2) is 4.55. The molecular formula is C10H18N2O4S. The molecule has 0 aromatic rings. The quantitative estimate of drug-likeness (QED) is 0.679. The highest BCUT2D eigenvalue weighted by molar-refractivity contribution is 7.89. The molecule has 0 bridgehead atoms. The van der Waals surface area contributed by atoms with E-state index in [0.29, 0.717) is 6.42 Å². The Morgan fingerprint density at radius 2 is 2.06 bits per heavy atom. The van der Waals surface area contributed by atoms with Crippen LogP contribution in [0, 0.1) is 0 Å². The van der Waals surface area contributed by atoms with Gasteiger partial charge in [0.2, 0.25) is 15.9 Å². The van der Waals surface area contributed by atoms with E-state index >= 15 is 0 Å². The molecule has 0 radical (unpaired) electrons. The molecule has 2 fully saturated rings. The van der Waals surface area contributed by atoms with Crippen molar-refractivity contribution in [2.45, 2.75) is 49.5 Å². The summed E-state index contributed by atoms with van der Waals surface area (Å²) >= 11 is 0. The van der Waals surface area contributed by atoms with E-state index in [4.69, 9.17) is 5.14 Å².